The number of thiol groups is 1. The Balaban J connectivity index is 2.33. The number of imidazole rings is 1. The molecule has 96 valence electrons. The quantitative estimate of drug-likeness (QED) is 0.509. The van der Waals surface area contributed by atoms with Crippen LogP contribution in [0.2, 0.25) is 0 Å². The lowest BCUT2D eigenvalue weighted by Gasteiger charge is -2.09. The molecule has 1 aromatic rings. The molecule has 1 aliphatic heterocycles. The molecule has 1 aliphatic rings. The Morgan fingerprint density at radius 3 is 2.76 bits per heavy atom. The van der Waals surface area contributed by atoms with Crippen LogP contribution in [0.5, 0.6) is 5.88 Å². The fourth-order valence-corrected chi connectivity index (χ4v) is 2.30. The summed E-state index contributed by atoms with van der Waals surface area (Å²) in [5.74, 6) is -0.556. The molecular formula is C7H7F3N2O3S2. The van der Waals surface area contributed by atoms with Crippen LogP contribution in [0, 0.1) is 0 Å². The van der Waals surface area contributed by atoms with Crippen LogP contribution in [0.4, 0.5) is 13.2 Å². The molecule has 1 atom stereocenters. The summed E-state index contributed by atoms with van der Waals surface area (Å²) < 4.78 is 63.4. The summed E-state index contributed by atoms with van der Waals surface area (Å²) in [5, 5.41) is -0.379. The monoisotopic (exact) mass is 288 g/mol. The summed E-state index contributed by atoms with van der Waals surface area (Å²) in [7, 11) is -5.68. The van der Waals surface area contributed by atoms with Gasteiger partial charge in [-0.25, -0.2) is 4.98 Å². The molecule has 2 rings (SSSR count). The second kappa shape index (κ2) is 3.80. The number of aryl methyl sites for hydroxylation is 1. The molecule has 5 nitrogen and oxygen atoms in total. The molecule has 0 bridgehead atoms. The lowest BCUT2D eigenvalue weighted by molar-refractivity contribution is -0.0501. The van der Waals surface area contributed by atoms with Gasteiger partial charge >= 0.3 is 15.6 Å². The molecule has 17 heavy (non-hydrogen) atoms. The topological polar surface area (TPSA) is 61.2 Å². The minimum atomic E-state index is -5.68. The predicted molar refractivity (Wildman–Crippen MR) is 54.2 cm³/mol. The number of rotatable bonds is 2. The fourth-order valence-electron chi connectivity index (χ4n) is 1.50. The van der Waals surface area contributed by atoms with Crippen LogP contribution in [0.3, 0.4) is 0 Å². The summed E-state index contributed by atoms with van der Waals surface area (Å²) in [6.07, 6.45) is 1.82. The van der Waals surface area contributed by atoms with Crippen molar-refractivity contribution in [2.75, 3.05) is 0 Å². The first-order valence-electron chi connectivity index (χ1n) is 4.46. The molecule has 0 saturated carbocycles. The Hall–Kier alpha value is -0.900. The minimum Gasteiger partial charge on any atom is -0.353 e. The van der Waals surface area contributed by atoms with E-state index >= 15 is 0 Å². The molecule has 1 unspecified atom stereocenters. The van der Waals surface area contributed by atoms with Gasteiger partial charge in [0.1, 0.15) is 0 Å². The smallest absolute Gasteiger partial charge is 0.353 e. The Morgan fingerprint density at radius 2 is 2.18 bits per heavy atom. The van der Waals surface area contributed by atoms with E-state index in [9.17, 15) is 21.6 Å². The highest BCUT2D eigenvalue weighted by molar-refractivity contribution is 7.88. The second-order valence-electron chi connectivity index (χ2n) is 3.42. The minimum absolute atomic E-state index is 0.251. The first kappa shape index (κ1) is 12.6. The van der Waals surface area contributed by atoms with Crippen LogP contribution < -0.4 is 4.18 Å². The Kier molecular flexibility index (Phi) is 2.81. The lowest BCUT2D eigenvalue weighted by Crippen LogP contribution is -2.28. The highest BCUT2D eigenvalue weighted by atomic mass is 32.2. The molecule has 0 N–H and O–H groups in total. The van der Waals surface area contributed by atoms with Gasteiger partial charge in [-0.3, -0.25) is 0 Å². The lowest BCUT2D eigenvalue weighted by atomic mass is 10.3. The molecule has 0 amide bonds. The Bertz CT molecular complexity index is 537. The predicted octanol–water partition coefficient (Wildman–Crippen LogP) is 1.49. The highest BCUT2D eigenvalue weighted by Gasteiger charge is 2.49. The molecule has 0 aliphatic carbocycles. The van der Waals surface area contributed by atoms with E-state index in [0.717, 1.165) is 0 Å². The second-order valence-corrected chi connectivity index (χ2v) is 5.58. The first-order chi connectivity index (χ1) is 7.72. The standard InChI is InChI=1S/C7H7F3N2O3S2/c8-7(9,10)17(13,14)15-6-5-4(16)1-2-12(5)3-11-6/h3-4,16H,1-2H2. The normalized spacial score (nSPS) is 20.4. The number of halogens is 3. The summed E-state index contributed by atoms with van der Waals surface area (Å²) in [6, 6.07) is 0. The maximum absolute atomic E-state index is 12.1. The summed E-state index contributed by atoms with van der Waals surface area (Å²) in [5.41, 5.74) is -5.21. The van der Waals surface area contributed by atoms with Crippen molar-refractivity contribution in [3.8, 4) is 5.88 Å². The van der Waals surface area contributed by atoms with Crippen LogP contribution in [-0.4, -0.2) is 23.5 Å². The molecule has 0 aromatic carbocycles. The largest absolute Gasteiger partial charge is 0.534 e. The zero-order valence-corrected chi connectivity index (χ0v) is 9.89. The molecular weight excluding hydrogens is 281 g/mol. The van der Waals surface area contributed by atoms with E-state index in [1.165, 1.54) is 10.9 Å². The zero-order valence-electron chi connectivity index (χ0n) is 8.18. The van der Waals surface area contributed by atoms with Crippen molar-refractivity contribution in [3.05, 3.63) is 12.0 Å². The third kappa shape index (κ3) is 2.10. The van der Waals surface area contributed by atoms with Crippen LogP contribution in [0.25, 0.3) is 0 Å². The van der Waals surface area contributed by atoms with Gasteiger partial charge in [0.05, 0.1) is 12.0 Å². The maximum atomic E-state index is 12.1. The van der Waals surface area contributed by atoms with Crippen LogP contribution in [0.1, 0.15) is 17.4 Å². The van der Waals surface area contributed by atoms with Crippen molar-refractivity contribution >= 4 is 22.7 Å². The molecule has 0 radical (unpaired) electrons. The maximum Gasteiger partial charge on any atom is 0.534 e. The van der Waals surface area contributed by atoms with Gasteiger partial charge in [0.25, 0.3) is 5.88 Å². The van der Waals surface area contributed by atoms with Gasteiger partial charge in [-0.15, -0.1) is 0 Å². The van der Waals surface area contributed by atoms with E-state index in [4.69, 9.17) is 0 Å². The van der Waals surface area contributed by atoms with Crippen molar-refractivity contribution in [2.45, 2.75) is 23.7 Å². The van der Waals surface area contributed by atoms with Gasteiger partial charge in [0, 0.05) is 11.8 Å². The van der Waals surface area contributed by atoms with Gasteiger partial charge in [0.2, 0.25) is 0 Å². The van der Waals surface area contributed by atoms with Crippen molar-refractivity contribution < 1.29 is 25.8 Å². The Labute approximate surface area is 100 Å². The van der Waals surface area contributed by atoms with E-state index in [-0.39, 0.29) is 10.9 Å². The Morgan fingerprint density at radius 1 is 1.53 bits per heavy atom. The molecule has 1 aromatic heterocycles. The molecule has 10 heteroatoms. The molecule has 0 saturated heterocycles. The average Bonchev–Trinajstić information content (AvgIpc) is 2.69. The van der Waals surface area contributed by atoms with Crippen molar-refractivity contribution in [1.29, 1.82) is 0 Å². The molecule has 0 spiro atoms. The van der Waals surface area contributed by atoms with Crippen LogP contribution in [-0.2, 0) is 16.7 Å². The summed E-state index contributed by atoms with van der Waals surface area (Å²) in [6.45, 7) is 0.520. The van der Waals surface area contributed by atoms with Gasteiger partial charge in [-0.05, 0) is 6.42 Å². The number of hydrogen-bond donors (Lipinski definition) is 1. The van der Waals surface area contributed by atoms with Gasteiger partial charge in [-0.1, -0.05) is 0 Å². The number of nitrogens with zero attached hydrogens (tertiary/aromatic N) is 2. The first-order valence-corrected chi connectivity index (χ1v) is 6.38. The summed E-state index contributed by atoms with van der Waals surface area (Å²) in [4.78, 5) is 3.50. The van der Waals surface area contributed by atoms with Gasteiger partial charge in [-0.2, -0.15) is 34.2 Å². The van der Waals surface area contributed by atoms with Gasteiger partial charge < -0.3 is 8.75 Å². The van der Waals surface area contributed by atoms with Crippen molar-refractivity contribution in [2.24, 2.45) is 0 Å². The SMILES string of the molecule is O=S(=O)(Oc1ncn2c1C(S)CC2)C(F)(F)F. The molecule has 2 heterocycles. The highest BCUT2D eigenvalue weighted by Crippen LogP contribution is 2.38. The zero-order chi connectivity index (χ0) is 12.8. The van der Waals surface area contributed by atoms with E-state index in [0.29, 0.717) is 13.0 Å². The average molecular weight is 288 g/mol. The number of fused-ring (bicyclic) bond motifs is 1. The number of aromatic nitrogens is 2. The van der Waals surface area contributed by atoms with Gasteiger partial charge in [0.15, 0.2) is 0 Å². The van der Waals surface area contributed by atoms with E-state index in [1.54, 1.807) is 0 Å². The number of hydrogen-bond acceptors (Lipinski definition) is 5. The van der Waals surface area contributed by atoms with Crippen LogP contribution >= 0.6 is 12.6 Å². The van der Waals surface area contributed by atoms with Crippen molar-refractivity contribution in [1.82, 2.24) is 9.55 Å². The summed E-state index contributed by atoms with van der Waals surface area (Å²) >= 11 is 4.11. The van der Waals surface area contributed by atoms with Crippen LogP contribution in [0.15, 0.2) is 6.33 Å². The van der Waals surface area contributed by atoms with E-state index < -0.39 is 21.5 Å². The third-order valence-corrected chi connectivity index (χ3v) is 3.72. The van der Waals surface area contributed by atoms with Crippen molar-refractivity contribution in [3.63, 3.8) is 0 Å². The van der Waals surface area contributed by atoms with E-state index in [1.807, 2.05) is 0 Å². The van der Waals surface area contributed by atoms with E-state index in [2.05, 4.69) is 21.8 Å². The number of alkyl halides is 3. The molecule has 0 fully saturated rings. The third-order valence-electron chi connectivity index (χ3n) is 2.27. The fraction of sp³-hybridized carbons (Fsp3) is 0.571.